The van der Waals surface area contributed by atoms with Gasteiger partial charge in [-0.05, 0) is 56.9 Å². The van der Waals surface area contributed by atoms with Crippen LogP contribution in [-0.2, 0) is 9.59 Å². The van der Waals surface area contributed by atoms with Gasteiger partial charge in [0.1, 0.15) is 22.8 Å². The molecule has 0 bridgehead atoms. The van der Waals surface area contributed by atoms with Crippen LogP contribution >= 0.6 is 11.6 Å². The third-order valence-electron chi connectivity index (χ3n) is 5.39. The number of hydrogen-bond acceptors (Lipinski definition) is 6. The van der Waals surface area contributed by atoms with Gasteiger partial charge < -0.3 is 24.4 Å². The number of aliphatic hydroxyl groups is 1. The van der Waals surface area contributed by atoms with E-state index in [2.05, 4.69) is 0 Å². The van der Waals surface area contributed by atoms with E-state index in [1.54, 1.807) is 42.5 Å². The molecular weight excluding hydrogens is 432 g/mol. The van der Waals surface area contributed by atoms with Crippen LogP contribution in [0.25, 0.3) is 5.76 Å². The number of rotatable bonds is 8. The zero-order chi connectivity index (χ0) is 23.4. The number of carbonyl (C=O) groups excluding carboxylic acids is 2. The highest BCUT2D eigenvalue weighted by atomic mass is 35.5. The summed E-state index contributed by atoms with van der Waals surface area (Å²) in [6.07, 6.45) is 0.669. The van der Waals surface area contributed by atoms with Gasteiger partial charge in [0.25, 0.3) is 11.7 Å². The quantitative estimate of drug-likeness (QED) is 0.369. The minimum Gasteiger partial charge on any atom is -0.506 e. The zero-order valence-electron chi connectivity index (χ0n) is 18.6. The molecule has 3 rings (SSSR count). The molecular formula is C24H27ClN2O5. The lowest BCUT2D eigenvalue weighted by atomic mass is 9.94. The van der Waals surface area contributed by atoms with E-state index in [1.165, 1.54) is 19.1 Å². The Bertz CT molecular complexity index is 1010. The molecule has 1 N–H and O–H groups in total. The Balaban J connectivity index is 2.19. The molecule has 8 heteroatoms. The van der Waals surface area contributed by atoms with E-state index in [4.69, 9.17) is 21.1 Å². The summed E-state index contributed by atoms with van der Waals surface area (Å²) in [4.78, 5) is 29.7. The smallest absolute Gasteiger partial charge is 0.295 e. The third kappa shape index (κ3) is 4.59. The second-order valence-electron chi connectivity index (χ2n) is 7.74. The molecule has 0 aliphatic carbocycles. The van der Waals surface area contributed by atoms with Gasteiger partial charge in [-0.25, -0.2) is 0 Å². The van der Waals surface area contributed by atoms with Crippen LogP contribution in [0.4, 0.5) is 0 Å². The lowest BCUT2D eigenvalue weighted by Gasteiger charge is -2.26. The summed E-state index contributed by atoms with van der Waals surface area (Å²) in [5, 5.41) is 11.9. The molecule has 1 aliphatic heterocycles. The summed E-state index contributed by atoms with van der Waals surface area (Å²) < 4.78 is 10.8. The van der Waals surface area contributed by atoms with Crippen molar-refractivity contribution in [3.63, 3.8) is 0 Å². The fourth-order valence-corrected chi connectivity index (χ4v) is 4.00. The SMILES string of the molecule is COc1cccc(OC)c1/C(O)=C1\C(=O)C(=O)N(CCCN(C)C)C1c1ccc(Cl)cc1. The highest BCUT2D eigenvalue weighted by Crippen LogP contribution is 2.43. The fourth-order valence-electron chi connectivity index (χ4n) is 3.88. The molecule has 1 fully saturated rings. The predicted octanol–water partition coefficient (Wildman–Crippen LogP) is 3.73. The van der Waals surface area contributed by atoms with Crippen molar-refractivity contribution >= 4 is 29.1 Å². The maximum atomic E-state index is 13.2. The number of ether oxygens (including phenoxy) is 2. The minimum atomic E-state index is -0.760. The van der Waals surface area contributed by atoms with E-state index >= 15 is 0 Å². The van der Waals surface area contributed by atoms with Crippen LogP contribution in [0.2, 0.25) is 5.02 Å². The molecule has 0 spiro atoms. The number of Topliss-reactive ketones (excluding diaryl/α,β-unsaturated/α-hetero) is 1. The van der Waals surface area contributed by atoms with E-state index in [9.17, 15) is 14.7 Å². The molecule has 1 saturated heterocycles. The van der Waals surface area contributed by atoms with Crippen LogP contribution in [0.5, 0.6) is 11.5 Å². The Hall–Kier alpha value is -3.03. The summed E-state index contributed by atoms with van der Waals surface area (Å²) in [6, 6.07) is 11.2. The molecule has 1 amide bonds. The van der Waals surface area contributed by atoms with Crippen molar-refractivity contribution < 1.29 is 24.2 Å². The number of methoxy groups -OCH3 is 2. The molecule has 32 heavy (non-hydrogen) atoms. The summed E-state index contributed by atoms with van der Waals surface area (Å²) >= 11 is 6.06. The number of ketones is 1. The highest BCUT2D eigenvalue weighted by Gasteiger charge is 2.46. The van der Waals surface area contributed by atoms with E-state index in [-0.39, 0.29) is 16.9 Å². The Morgan fingerprint density at radius 1 is 1.06 bits per heavy atom. The van der Waals surface area contributed by atoms with Crippen molar-refractivity contribution in [2.45, 2.75) is 12.5 Å². The Labute approximate surface area is 192 Å². The van der Waals surface area contributed by atoms with Gasteiger partial charge in [-0.1, -0.05) is 29.8 Å². The molecule has 170 valence electrons. The van der Waals surface area contributed by atoms with Crippen LogP contribution < -0.4 is 9.47 Å². The van der Waals surface area contributed by atoms with E-state index in [0.29, 0.717) is 35.1 Å². The van der Waals surface area contributed by atoms with Gasteiger partial charge >= 0.3 is 0 Å². The van der Waals surface area contributed by atoms with Gasteiger partial charge in [-0.15, -0.1) is 0 Å². The molecule has 1 aliphatic rings. The summed E-state index contributed by atoms with van der Waals surface area (Å²) in [5.41, 5.74) is 0.890. The maximum Gasteiger partial charge on any atom is 0.295 e. The lowest BCUT2D eigenvalue weighted by molar-refractivity contribution is -0.139. The van der Waals surface area contributed by atoms with Crippen LogP contribution in [0.15, 0.2) is 48.0 Å². The van der Waals surface area contributed by atoms with Crippen LogP contribution in [0.3, 0.4) is 0 Å². The second-order valence-corrected chi connectivity index (χ2v) is 8.17. The Morgan fingerprint density at radius 3 is 2.19 bits per heavy atom. The molecule has 1 heterocycles. The summed E-state index contributed by atoms with van der Waals surface area (Å²) in [7, 11) is 6.81. The van der Waals surface area contributed by atoms with E-state index in [1.807, 2.05) is 19.0 Å². The van der Waals surface area contributed by atoms with Crippen LogP contribution in [0.1, 0.15) is 23.6 Å². The predicted molar refractivity (Wildman–Crippen MR) is 123 cm³/mol. The van der Waals surface area contributed by atoms with Crippen molar-refractivity contribution in [3.05, 3.63) is 64.2 Å². The van der Waals surface area contributed by atoms with Crippen LogP contribution in [-0.4, -0.2) is 68.0 Å². The average Bonchev–Trinajstić information content (AvgIpc) is 3.03. The molecule has 0 aromatic heterocycles. The zero-order valence-corrected chi connectivity index (χ0v) is 19.3. The number of halogens is 1. The third-order valence-corrected chi connectivity index (χ3v) is 5.65. The van der Waals surface area contributed by atoms with Gasteiger partial charge in [0.15, 0.2) is 0 Å². The molecule has 2 aromatic rings. The van der Waals surface area contributed by atoms with E-state index in [0.717, 1.165) is 6.54 Å². The monoisotopic (exact) mass is 458 g/mol. The van der Waals surface area contributed by atoms with Gasteiger partial charge in [0.2, 0.25) is 0 Å². The van der Waals surface area contributed by atoms with Gasteiger partial charge in [0, 0.05) is 11.6 Å². The first kappa shape index (κ1) is 23.6. The normalized spacial score (nSPS) is 17.8. The van der Waals surface area contributed by atoms with Crippen LogP contribution in [0, 0.1) is 0 Å². The molecule has 2 aromatic carbocycles. The number of hydrogen-bond donors (Lipinski definition) is 1. The van der Waals surface area contributed by atoms with Gasteiger partial charge in [-0.2, -0.15) is 0 Å². The first-order chi connectivity index (χ1) is 15.3. The Morgan fingerprint density at radius 2 is 1.66 bits per heavy atom. The van der Waals surface area contributed by atoms with Crippen molar-refractivity contribution in [3.8, 4) is 11.5 Å². The summed E-state index contributed by atoms with van der Waals surface area (Å²) in [6.45, 7) is 1.10. The number of likely N-dealkylation sites (tertiary alicyclic amines) is 1. The van der Waals surface area contributed by atoms with Gasteiger partial charge in [-0.3, -0.25) is 9.59 Å². The first-order valence-corrected chi connectivity index (χ1v) is 10.6. The van der Waals surface area contributed by atoms with Crippen molar-refractivity contribution in [2.75, 3.05) is 41.4 Å². The largest absolute Gasteiger partial charge is 0.506 e. The topological polar surface area (TPSA) is 79.3 Å². The number of nitrogens with zero attached hydrogens (tertiary/aromatic N) is 2. The number of aliphatic hydroxyl groups excluding tert-OH is 1. The van der Waals surface area contributed by atoms with Crippen molar-refractivity contribution in [1.82, 2.24) is 9.80 Å². The first-order valence-electron chi connectivity index (χ1n) is 10.2. The molecule has 0 saturated carbocycles. The summed E-state index contributed by atoms with van der Waals surface area (Å²) in [5.74, 6) is -1.09. The average molecular weight is 459 g/mol. The second kappa shape index (κ2) is 10.1. The van der Waals surface area contributed by atoms with E-state index < -0.39 is 17.7 Å². The minimum absolute atomic E-state index is 0.00928. The van der Waals surface area contributed by atoms with Crippen molar-refractivity contribution in [1.29, 1.82) is 0 Å². The molecule has 0 radical (unpaired) electrons. The molecule has 7 nitrogen and oxygen atoms in total. The maximum absolute atomic E-state index is 13.2. The Kier molecular flexibility index (Phi) is 7.43. The number of carbonyl (C=O) groups is 2. The number of benzene rings is 2. The standard InChI is InChI=1S/C24H27ClN2O5/c1-26(2)13-6-14-27-21(15-9-11-16(25)12-10-15)20(23(29)24(27)30)22(28)19-17(31-3)7-5-8-18(19)32-4/h5,7-12,21,28H,6,13-14H2,1-4H3/b22-20+. The van der Waals surface area contributed by atoms with Crippen molar-refractivity contribution in [2.24, 2.45) is 0 Å². The fraction of sp³-hybridized carbons (Fsp3) is 0.333. The molecule has 1 unspecified atom stereocenters. The number of amides is 1. The highest BCUT2D eigenvalue weighted by molar-refractivity contribution is 6.46. The lowest BCUT2D eigenvalue weighted by Crippen LogP contribution is -2.32. The molecule has 1 atom stereocenters. The van der Waals surface area contributed by atoms with Gasteiger partial charge in [0.05, 0.1) is 25.8 Å².